The molecular formula is C16H10F3NO3. The lowest BCUT2D eigenvalue weighted by Crippen LogP contribution is -2.23. The van der Waals surface area contributed by atoms with Crippen LogP contribution in [0.1, 0.15) is 21.5 Å². The monoisotopic (exact) mass is 321 g/mol. The predicted octanol–water partition coefficient (Wildman–Crippen LogP) is 2.44. The zero-order chi connectivity index (χ0) is 16.9. The van der Waals surface area contributed by atoms with Crippen molar-refractivity contribution in [3.63, 3.8) is 0 Å². The Hall–Kier alpha value is -3.01. The van der Waals surface area contributed by atoms with Crippen molar-refractivity contribution in [3.05, 3.63) is 69.8 Å². The lowest BCUT2D eigenvalue weighted by molar-refractivity contribution is -0.137. The lowest BCUT2D eigenvalue weighted by Gasteiger charge is -2.08. The minimum Gasteiger partial charge on any atom is -0.430 e. The SMILES string of the molecule is O=C(NCC#Cc1ccccc1C(F)(F)F)c1ccc(=O)oc1. The molecule has 0 fully saturated rings. The van der Waals surface area contributed by atoms with E-state index in [2.05, 4.69) is 21.6 Å². The van der Waals surface area contributed by atoms with Gasteiger partial charge < -0.3 is 9.73 Å². The number of rotatable bonds is 2. The first kappa shape index (κ1) is 16.4. The minimum atomic E-state index is -4.49. The molecule has 0 spiro atoms. The summed E-state index contributed by atoms with van der Waals surface area (Å²) in [6, 6.07) is 7.27. The van der Waals surface area contributed by atoms with Crippen LogP contribution in [0.4, 0.5) is 13.2 Å². The second kappa shape index (κ2) is 6.83. The van der Waals surface area contributed by atoms with Crippen LogP contribution in [0.5, 0.6) is 0 Å². The van der Waals surface area contributed by atoms with Gasteiger partial charge >= 0.3 is 11.8 Å². The van der Waals surface area contributed by atoms with Crippen molar-refractivity contribution >= 4 is 5.91 Å². The van der Waals surface area contributed by atoms with Crippen molar-refractivity contribution < 1.29 is 22.4 Å². The molecule has 118 valence electrons. The van der Waals surface area contributed by atoms with Crippen molar-refractivity contribution in [2.24, 2.45) is 0 Å². The molecule has 0 saturated carbocycles. The molecule has 1 amide bonds. The second-order valence-corrected chi connectivity index (χ2v) is 4.37. The van der Waals surface area contributed by atoms with Crippen LogP contribution < -0.4 is 10.9 Å². The van der Waals surface area contributed by atoms with Crippen LogP contribution in [0.25, 0.3) is 0 Å². The maximum absolute atomic E-state index is 12.8. The van der Waals surface area contributed by atoms with E-state index in [0.717, 1.165) is 18.4 Å². The molecule has 0 unspecified atom stereocenters. The van der Waals surface area contributed by atoms with Crippen molar-refractivity contribution in [2.45, 2.75) is 6.18 Å². The van der Waals surface area contributed by atoms with E-state index in [1.165, 1.54) is 24.3 Å². The second-order valence-electron chi connectivity index (χ2n) is 4.37. The molecule has 0 aliphatic carbocycles. The van der Waals surface area contributed by atoms with Gasteiger partial charge in [-0.15, -0.1) is 0 Å². The van der Waals surface area contributed by atoms with Crippen molar-refractivity contribution in [3.8, 4) is 11.8 Å². The minimum absolute atomic E-state index is 0.113. The molecule has 1 aromatic carbocycles. The number of hydrogen-bond acceptors (Lipinski definition) is 3. The molecule has 1 N–H and O–H groups in total. The molecule has 0 radical (unpaired) electrons. The number of carbonyl (C=O) groups excluding carboxylic acids is 1. The highest BCUT2D eigenvalue weighted by Crippen LogP contribution is 2.31. The number of nitrogens with one attached hydrogen (secondary N) is 1. The molecule has 23 heavy (non-hydrogen) atoms. The van der Waals surface area contributed by atoms with Gasteiger partial charge in [0, 0.05) is 11.6 Å². The van der Waals surface area contributed by atoms with E-state index in [4.69, 9.17) is 0 Å². The average molecular weight is 321 g/mol. The molecule has 0 bridgehead atoms. The van der Waals surface area contributed by atoms with Crippen LogP contribution in [0.3, 0.4) is 0 Å². The number of amides is 1. The third-order valence-corrected chi connectivity index (χ3v) is 2.76. The summed E-state index contributed by atoms with van der Waals surface area (Å²) in [5.74, 6) is 4.28. The van der Waals surface area contributed by atoms with Gasteiger partial charge in [0.25, 0.3) is 5.91 Å². The van der Waals surface area contributed by atoms with Gasteiger partial charge in [-0.1, -0.05) is 24.0 Å². The van der Waals surface area contributed by atoms with Crippen LogP contribution in [0, 0.1) is 11.8 Å². The molecule has 0 aliphatic rings. The fraction of sp³-hybridized carbons (Fsp3) is 0.125. The van der Waals surface area contributed by atoms with Crippen LogP contribution in [-0.4, -0.2) is 12.5 Å². The highest BCUT2D eigenvalue weighted by molar-refractivity contribution is 5.93. The number of benzene rings is 1. The van der Waals surface area contributed by atoms with Gasteiger partial charge in [-0.25, -0.2) is 4.79 Å². The topological polar surface area (TPSA) is 59.3 Å². The summed E-state index contributed by atoms with van der Waals surface area (Å²) < 4.78 is 42.8. The molecule has 0 atom stereocenters. The standard InChI is InChI=1S/C16H10F3NO3/c17-16(18,19)13-6-2-1-4-11(13)5-3-9-20-15(22)12-7-8-14(21)23-10-12/h1-2,4,6-8,10H,9H2,(H,20,22). The first-order chi connectivity index (χ1) is 10.9. The smallest absolute Gasteiger partial charge is 0.417 e. The van der Waals surface area contributed by atoms with Gasteiger partial charge in [0.15, 0.2) is 0 Å². The third kappa shape index (κ3) is 4.48. The summed E-state index contributed by atoms with van der Waals surface area (Å²) in [6.07, 6.45) is -3.50. The van der Waals surface area contributed by atoms with E-state index >= 15 is 0 Å². The molecule has 1 aromatic heterocycles. The van der Waals surface area contributed by atoms with Gasteiger partial charge in [0.05, 0.1) is 17.7 Å². The van der Waals surface area contributed by atoms with Gasteiger partial charge in [-0.3, -0.25) is 4.79 Å². The van der Waals surface area contributed by atoms with Crippen LogP contribution in [0.15, 0.2) is 51.9 Å². The number of alkyl halides is 3. The Bertz CT molecular complexity index is 808. The normalized spacial score (nSPS) is 10.6. The van der Waals surface area contributed by atoms with Gasteiger partial charge in [0.2, 0.25) is 0 Å². The summed E-state index contributed by atoms with van der Waals surface area (Å²) in [7, 11) is 0. The van der Waals surface area contributed by atoms with E-state index in [-0.39, 0.29) is 17.7 Å². The zero-order valence-electron chi connectivity index (χ0n) is 11.6. The maximum Gasteiger partial charge on any atom is 0.417 e. The Morgan fingerprint density at radius 2 is 1.91 bits per heavy atom. The fourth-order valence-electron chi connectivity index (χ4n) is 1.69. The quantitative estimate of drug-likeness (QED) is 0.864. The summed E-state index contributed by atoms with van der Waals surface area (Å²) >= 11 is 0. The number of carbonyl (C=O) groups is 1. The first-order valence-electron chi connectivity index (χ1n) is 6.40. The van der Waals surface area contributed by atoms with Crippen LogP contribution in [0.2, 0.25) is 0 Å². The summed E-state index contributed by atoms with van der Waals surface area (Å²) in [6.45, 7) is -0.149. The fourth-order valence-corrected chi connectivity index (χ4v) is 1.69. The highest BCUT2D eigenvalue weighted by Gasteiger charge is 2.32. The molecule has 0 saturated heterocycles. The lowest BCUT2D eigenvalue weighted by atomic mass is 10.1. The molecule has 1 heterocycles. The van der Waals surface area contributed by atoms with Gasteiger partial charge in [-0.2, -0.15) is 13.2 Å². The van der Waals surface area contributed by atoms with Gasteiger partial charge in [-0.05, 0) is 18.2 Å². The van der Waals surface area contributed by atoms with Crippen molar-refractivity contribution in [1.82, 2.24) is 5.32 Å². The molecule has 2 rings (SSSR count). The third-order valence-electron chi connectivity index (χ3n) is 2.76. The Morgan fingerprint density at radius 3 is 2.57 bits per heavy atom. The summed E-state index contributed by atoms with van der Waals surface area (Å²) in [5, 5.41) is 2.39. The largest absolute Gasteiger partial charge is 0.430 e. The summed E-state index contributed by atoms with van der Waals surface area (Å²) in [5.41, 5.74) is -1.48. The van der Waals surface area contributed by atoms with Crippen molar-refractivity contribution in [2.75, 3.05) is 6.54 Å². The van der Waals surface area contributed by atoms with E-state index in [1.807, 2.05) is 0 Å². The zero-order valence-corrected chi connectivity index (χ0v) is 11.6. The molecule has 2 aromatic rings. The maximum atomic E-state index is 12.8. The van der Waals surface area contributed by atoms with E-state index in [9.17, 15) is 22.8 Å². The van der Waals surface area contributed by atoms with Crippen LogP contribution in [-0.2, 0) is 6.18 Å². The molecule has 7 heteroatoms. The number of halogens is 3. The Morgan fingerprint density at radius 1 is 1.17 bits per heavy atom. The highest BCUT2D eigenvalue weighted by atomic mass is 19.4. The Labute approximate surface area is 128 Å². The van der Waals surface area contributed by atoms with Crippen LogP contribution >= 0.6 is 0 Å². The molecule has 0 aliphatic heterocycles. The average Bonchev–Trinajstić information content (AvgIpc) is 2.51. The van der Waals surface area contributed by atoms with Gasteiger partial charge in [0.1, 0.15) is 6.26 Å². The molecule has 4 nitrogen and oxygen atoms in total. The van der Waals surface area contributed by atoms with E-state index in [1.54, 1.807) is 0 Å². The predicted molar refractivity (Wildman–Crippen MR) is 75.6 cm³/mol. The van der Waals surface area contributed by atoms with E-state index < -0.39 is 23.3 Å². The van der Waals surface area contributed by atoms with Crippen molar-refractivity contribution in [1.29, 1.82) is 0 Å². The number of hydrogen-bond donors (Lipinski definition) is 1. The van der Waals surface area contributed by atoms with E-state index in [0.29, 0.717) is 0 Å². The Balaban J connectivity index is 2.03. The Kier molecular flexibility index (Phi) is 4.86. The summed E-state index contributed by atoms with van der Waals surface area (Å²) in [4.78, 5) is 22.4. The first-order valence-corrected chi connectivity index (χ1v) is 6.40. The molecular weight excluding hydrogens is 311 g/mol.